The molecule has 0 amide bonds. The lowest BCUT2D eigenvalue weighted by atomic mass is 10.2. The molecule has 0 aliphatic carbocycles. The standard InChI is InChI=1S/C10H17NO5/c1-6(12)15-9(14)7(11)5-8(13)16-10(2,3)4/h7H,5,11H2,1-4H3/t7-/m0/s1. The van der Waals surface area contributed by atoms with Crippen LogP contribution in [0.3, 0.4) is 0 Å². The van der Waals surface area contributed by atoms with E-state index in [1.165, 1.54) is 0 Å². The highest BCUT2D eigenvalue weighted by Crippen LogP contribution is 2.09. The smallest absolute Gasteiger partial charge is 0.331 e. The van der Waals surface area contributed by atoms with Gasteiger partial charge in [0, 0.05) is 6.92 Å². The summed E-state index contributed by atoms with van der Waals surface area (Å²) < 4.78 is 9.18. The zero-order valence-electron chi connectivity index (χ0n) is 9.90. The summed E-state index contributed by atoms with van der Waals surface area (Å²) in [5.74, 6) is -2.30. The van der Waals surface area contributed by atoms with Gasteiger partial charge < -0.3 is 15.2 Å². The molecule has 0 aromatic heterocycles. The largest absolute Gasteiger partial charge is 0.460 e. The molecule has 0 aromatic carbocycles. The lowest BCUT2D eigenvalue weighted by Gasteiger charge is -2.20. The Morgan fingerprint density at radius 1 is 1.25 bits per heavy atom. The van der Waals surface area contributed by atoms with Gasteiger partial charge in [-0.05, 0) is 20.8 Å². The molecule has 0 rings (SSSR count). The van der Waals surface area contributed by atoms with Crippen LogP contribution in [-0.4, -0.2) is 29.6 Å². The van der Waals surface area contributed by atoms with E-state index in [9.17, 15) is 14.4 Å². The molecule has 6 heteroatoms. The van der Waals surface area contributed by atoms with Gasteiger partial charge in [-0.25, -0.2) is 4.79 Å². The van der Waals surface area contributed by atoms with Crippen LogP contribution >= 0.6 is 0 Å². The van der Waals surface area contributed by atoms with Gasteiger partial charge in [0.25, 0.3) is 0 Å². The summed E-state index contributed by atoms with van der Waals surface area (Å²) in [6.07, 6.45) is -0.316. The van der Waals surface area contributed by atoms with Crippen LogP contribution in [0.25, 0.3) is 0 Å². The molecule has 0 saturated carbocycles. The molecule has 2 N–H and O–H groups in total. The lowest BCUT2D eigenvalue weighted by Crippen LogP contribution is -2.37. The maximum absolute atomic E-state index is 11.3. The van der Waals surface area contributed by atoms with E-state index >= 15 is 0 Å². The molecule has 0 unspecified atom stereocenters. The average Bonchev–Trinajstić information content (AvgIpc) is 1.98. The molecular weight excluding hydrogens is 214 g/mol. The number of rotatable bonds is 3. The van der Waals surface area contributed by atoms with Gasteiger partial charge in [-0.2, -0.15) is 0 Å². The first-order valence-electron chi connectivity index (χ1n) is 4.81. The Labute approximate surface area is 94.1 Å². The van der Waals surface area contributed by atoms with Gasteiger partial charge in [0.1, 0.15) is 11.6 Å². The Morgan fingerprint density at radius 3 is 2.12 bits per heavy atom. The van der Waals surface area contributed by atoms with Crippen molar-refractivity contribution in [3.05, 3.63) is 0 Å². The van der Waals surface area contributed by atoms with E-state index < -0.39 is 29.6 Å². The zero-order valence-corrected chi connectivity index (χ0v) is 9.90. The summed E-state index contributed by atoms with van der Waals surface area (Å²) in [5.41, 5.74) is 4.72. The van der Waals surface area contributed by atoms with Crippen LogP contribution in [0.4, 0.5) is 0 Å². The summed E-state index contributed by atoms with van der Waals surface area (Å²) in [7, 11) is 0. The Kier molecular flexibility index (Phi) is 5.10. The van der Waals surface area contributed by atoms with Crippen molar-refractivity contribution in [3.63, 3.8) is 0 Å². The minimum atomic E-state index is -1.18. The molecule has 0 heterocycles. The second kappa shape index (κ2) is 5.60. The summed E-state index contributed by atoms with van der Waals surface area (Å²) in [6.45, 7) is 6.18. The van der Waals surface area contributed by atoms with Gasteiger partial charge in [-0.1, -0.05) is 0 Å². The van der Waals surface area contributed by atoms with Gasteiger partial charge in [0.05, 0.1) is 6.42 Å². The summed E-state index contributed by atoms with van der Waals surface area (Å²) in [5, 5.41) is 0. The van der Waals surface area contributed by atoms with Crippen LogP contribution in [0.1, 0.15) is 34.1 Å². The molecule has 0 bridgehead atoms. The monoisotopic (exact) mass is 231 g/mol. The minimum Gasteiger partial charge on any atom is -0.460 e. The van der Waals surface area contributed by atoms with Gasteiger partial charge >= 0.3 is 17.9 Å². The third kappa shape index (κ3) is 6.94. The molecule has 0 fully saturated rings. The second-order valence-corrected chi connectivity index (χ2v) is 4.31. The third-order valence-electron chi connectivity index (χ3n) is 1.35. The van der Waals surface area contributed by atoms with Crippen molar-refractivity contribution in [2.75, 3.05) is 0 Å². The molecule has 92 valence electrons. The van der Waals surface area contributed by atoms with Crippen molar-refractivity contribution in [2.24, 2.45) is 5.73 Å². The number of esters is 3. The minimum absolute atomic E-state index is 0.316. The van der Waals surface area contributed by atoms with Crippen molar-refractivity contribution < 1.29 is 23.9 Å². The molecular formula is C10H17NO5. The summed E-state index contributed by atoms with van der Waals surface area (Å²) in [6, 6.07) is -1.18. The number of hydrogen-bond donors (Lipinski definition) is 1. The van der Waals surface area contributed by atoms with Crippen molar-refractivity contribution in [2.45, 2.75) is 45.8 Å². The van der Waals surface area contributed by atoms with E-state index in [2.05, 4.69) is 4.74 Å². The molecule has 0 saturated heterocycles. The third-order valence-corrected chi connectivity index (χ3v) is 1.35. The van der Waals surface area contributed by atoms with E-state index in [0.717, 1.165) is 6.92 Å². The molecule has 0 aliphatic rings. The lowest BCUT2D eigenvalue weighted by molar-refractivity contribution is -0.164. The number of nitrogens with two attached hydrogens (primary N) is 1. The fourth-order valence-corrected chi connectivity index (χ4v) is 0.863. The van der Waals surface area contributed by atoms with Crippen molar-refractivity contribution in [1.29, 1.82) is 0 Å². The molecule has 1 atom stereocenters. The SMILES string of the molecule is CC(=O)OC(=O)[C@@H](N)CC(=O)OC(C)(C)C. The second-order valence-electron chi connectivity index (χ2n) is 4.31. The summed E-state index contributed by atoms with van der Waals surface area (Å²) >= 11 is 0. The number of ether oxygens (including phenoxy) is 2. The van der Waals surface area contributed by atoms with Crippen LogP contribution in [-0.2, 0) is 23.9 Å². The highest BCUT2D eigenvalue weighted by Gasteiger charge is 2.24. The van der Waals surface area contributed by atoms with Crippen LogP contribution in [0.15, 0.2) is 0 Å². The molecule has 0 aromatic rings. The Morgan fingerprint density at radius 2 is 1.75 bits per heavy atom. The maximum Gasteiger partial charge on any atom is 0.331 e. The van der Waals surface area contributed by atoms with Crippen LogP contribution in [0.2, 0.25) is 0 Å². The first-order chi connectivity index (χ1) is 7.11. The topological polar surface area (TPSA) is 95.7 Å². The fraction of sp³-hybridized carbons (Fsp3) is 0.700. The Bertz CT molecular complexity index is 292. The first-order valence-corrected chi connectivity index (χ1v) is 4.81. The van der Waals surface area contributed by atoms with Crippen molar-refractivity contribution in [3.8, 4) is 0 Å². The van der Waals surface area contributed by atoms with Crippen molar-refractivity contribution >= 4 is 17.9 Å². The molecule has 16 heavy (non-hydrogen) atoms. The maximum atomic E-state index is 11.3. The zero-order chi connectivity index (χ0) is 12.9. The van der Waals surface area contributed by atoms with Gasteiger partial charge in [-0.3, -0.25) is 9.59 Å². The van der Waals surface area contributed by atoms with E-state index in [1.54, 1.807) is 20.8 Å². The quantitative estimate of drug-likeness (QED) is 0.548. The molecule has 6 nitrogen and oxygen atoms in total. The normalized spacial score (nSPS) is 12.8. The van der Waals surface area contributed by atoms with E-state index in [0.29, 0.717) is 0 Å². The van der Waals surface area contributed by atoms with Gasteiger partial charge in [0.15, 0.2) is 0 Å². The Balaban J connectivity index is 4.14. The number of carbonyl (C=O) groups is 3. The van der Waals surface area contributed by atoms with E-state index in [1.807, 2.05) is 0 Å². The molecule has 0 aliphatic heterocycles. The average molecular weight is 231 g/mol. The highest BCUT2D eigenvalue weighted by molar-refractivity contribution is 5.89. The van der Waals surface area contributed by atoms with E-state index in [-0.39, 0.29) is 6.42 Å². The van der Waals surface area contributed by atoms with Gasteiger partial charge in [-0.15, -0.1) is 0 Å². The molecule has 0 radical (unpaired) electrons. The van der Waals surface area contributed by atoms with E-state index in [4.69, 9.17) is 10.5 Å². The van der Waals surface area contributed by atoms with Crippen LogP contribution in [0, 0.1) is 0 Å². The number of hydrogen-bond acceptors (Lipinski definition) is 6. The Hall–Kier alpha value is -1.43. The van der Waals surface area contributed by atoms with Crippen LogP contribution in [0.5, 0.6) is 0 Å². The fourth-order valence-electron chi connectivity index (χ4n) is 0.863. The predicted octanol–water partition coefficient (Wildman–Crippen LogP) is 0.135. The van der Waals surface area contributed by atoms with Crippen LogP contribution < -0.4 is 5.73 Å². The first kappa shape index (κ1) is 14.6. The van der Waals surface area contributed by atoms with Crippen molar-refractivity contribution in [1.82, 2.24) is 0 Å². The highest BCUT2D eigenvalue weighted by atomic mass is 16.6. The predicted molar refractivity (Wildman–Crippen MR) is 55.2 cm³/mol. The van der Waals surface area contributed by atoms with Gasteiger partial charge in [0.2, 0.25) is 0 Å². The molecule has 0 spiro atoms. The number of carbonyl (C=O) groups excluding carboxylic acids is 3. The summed E-state index contributed by atoms with van der Waals surface area (Å²) in [4.78, 5) is 32.8.